The quantitative estimate of drug-likeness (QED) is 0.498. The smallest absolute Gasteiger partial charge is 0.0644 e. The first-order chi connectivity index (χ1) is 5.47. The third-order valence-electron chi connectivity index (χ3n) is 2.39. The molecule has 0 N–H and O–H groups in total. The zero-order valence-electron chi connectivity index (χ0n) is 6.79. The van der Waals surface area contributed by atoms with Crippen LogP contribution < -0.4 is 0 Å². The minimum absolute atomic E-state index is 0.534. The highest BCUT2D eigenvalue weighted by molar-refractivity contribution is 4.76. The molecule has 2 aliphatic rings. The van der Waals surface area contributed by atoms with Crippen molar-refractivity contribution in [3.8, 4) is 0 Å². The van der Waals surface area contributed by atoms with E-state index in [1.807, 2.05) is 0 Å². The van der Waals surface area contributed by atoms with Gasteiger partial charge >= 0.3 is 0 Å². The molecule has 0 saturated carbocycles. The molecule has 1 unspecified atom stereocenters. The highest BCUT2D eigenvalue weighted by atomic mass is 16.5. The van der Waals surface area contributed by atoms with E-state index in [9.17, 15) is 0 Å². The molecular weight excluding hydrogens is 142 g/mol. The average Bonchev–Trinajstić information content (AvgIpc) is 2.28. The number of hydrogen-bond donors (Lipinski definition) is 0. The van der Waals surface area contributed by atoms with Crippen LogP contribution in [0, 0.1) is 0 Å². The maximum atomic E-state index is 5.44. The number of ether oxygens (including phenoxy) is 2. The van der Waals surface area contributed by atoms with E-state index in [4.69, 9.17) is 9.47 Å². The van der Waals surface area contributed by atoms with Gasteiger partial charge in [0.1, 0.15) is 0 Å². The summed E-state index contributed by atoms with van der Waals surface area (Å²) in [6, 6.07) is 0.534. The third kappa shape index (κ3) is 1.72. The van der Waals surface area contributed by atoms with Crippen molar-refractivity contribution in [1.82, 2.24) is 4.90 Å². The predicted octanol–water partition coefficient (Wildman–Crippen LogP) is 0.107. The third-order valence-corrected chi connectivity index (χ3v) is 2.39. The Morgan fingerprint density at radius 3 is 2.73 bits per heavy atom. The Hall–Kier alpha value is -0.120. The molecule has 2 heterocycles. The molecule has 0 aromatic carbocycles. The van der Waals surface area contributed by atoms with E-state index in [1.165, 1.54) is 13.0 Å². The van der Waals surface area contributed by atoms with Gasteiger partial charge in [-0.3, -0.25) is 4.90 Å². The minimum Gasteiger partial charge on any atom is -0.380 e. The molecule has 0 spiro atoms. The molecule has 2 fully saturated rings. The van der Waals surface area contributed by atoms with Crippen molar-refractivity contribution >= 4 is 0 Å². The van der Waals surface area contributed by atoms with Gasteiger partial charge in [0, 0.05) is 19.7 Å². The van der Waals surface area contributed by atoms with Crippen molar-refractivity contribution < 1.29 is 9.47 Å². The van der Waals surface area contributed by atoms with Crippen molar-refractivity contribution in [3.05, 3.63) is 0 Å². The molecule has 0 aliphatic carbocycles. The number of rotatable bonds is 0. The van der Waals surface area contributed by atoms with Crippen LogP contribution in [0.1, 0.15) is 6.42 Å². The fourth-order valence-electron chi connectivity index (χ4n) is 1.73. The first kappa shape index (κ1) is 7.53. The Morgan fingerprint density at radius 1 is 1.00 bits per heavy atom. The maximum absolute atomic E-state index is 5.44. The van der Waals surface area contributed by atoms with Gasteiger partial charge < -0.3 is 9.47 Å². The molecule has 0 radical (unpaired) electrons. The number of hydrogen-bond acceptors (Lipinski definition) is 3. The van der Waals surface area contributed by atoms with Gasteiger partial charge in [-0.05, 0) is 6.42 Å². The lowest BCUT2D eigenvalue weighted by Crippen LogP contribution is -2.46. The number of morpholine rings is 1. The zero-order chi connectivity index (χ0) is 7.52. The molecule has 0 aromatic heterocycles. The highest BCUT2D eigenvalue weighted by Gasteiger charge is 2.24. The molecule has 3 nitrogen and oxygen atoms in total. The molecule has 0 amide bonds. The van der Waals surface area contributed by atoms with Crippen LogP contribution in [-0.2, 0) is 9.47 Å². The van der Waals surface area contributed by atoms with Gasteiger partial charge in [0.2, 0.25) is 0 Å². The molecule has 2 saturated heterocycles. The van der Waals surface area contributed by atoms with Crippen LogP contribution >= 0.6 is 0 Å². The lowest BCUT2D eigenvalue weighted by atomic mass is 10.2. The summed E-state index contributed by atoms with van der Waals surface area (Å²) in [5.74, 6) is 0. The van der Waals surface area contributed by atoms with Crippen molar-refractivity contribution in [1.29, 1.82) is 0 Å². The van der Waals surface area contributed by atoms with Crippen LogP contribution in [0.15, 0.2) is 0 Å². The van der Waals surface area contributed by atoms with Crippen molar-refractivity contribution in [2.75, 3.05) is 39.5 Å². The Bertz CT molecular complexity index is 115. The second kappa shape index (κ2) is 3.52. The summed E-state index contributed by atoms with van der Waals surface area (Å²) in [5, 5.41) is 0. The van der Waals surface area contributed by atoms with Gasteiger partial charge in [-0.1, -0.05) is 0 Å². The molecular formula is C8H15NO2. The number of fused-ring (bicyclic) bond motifs is 1. The lowest BCUT2D eigenvalue weighted by Gasteiger charge is -2.33. The summed E-state index contributed by atoms with van der Waals surface area (Å²) in [6.07, 6.45) is 1.18. The molecule has 2 aliphatic heterocycles. The van der Waals surface area contributed by atoms with Crippen LogP contribution in [-0.4, -0.2) is 50.5 Å². The fraction of sp³-hybridized carbons (Fsp3) is 1.00. The monoisotopic (exact) mass is 157 g/mol. The van der Waals surface area contributed by atoms with E-state index in [0.29, 0.717) is 6.04 Å². The molecule has 0 bridgehead atoms. The van der Waals surface area contributed by atoms with Crippen LogP contribution in [0.2, 0.25) is 0 Å². The van der Waals surface area contributed by atoms with Crippen molar-refractivity contribution in [2.24, 2.45) is 0 Å². The van der Waals surface area contributed by atoms with E-state index in [1.54, 1.807) is 0 Å². The van der Waals surface area contributed by atoms with Crippen LogP contribution in [0.25, 0.3) is 0 Å². The van der Waals surface area contributed by atoms with E-state index < -0.39 is 0 Å². The minimum atomic E-state index is 0.534. The summed E-state index contributed by atoms with van der Waals surface area (Å²) in [7, 11) is 0. The average molecular weight is 157 g/mol. The van der Waals surface area contributed by atoms with E-state index in [0.717, 1.165) is 33.0 Å². The van der Waals surface area contributed by atoms with Crippen LogP contribution in [0.5, 0.6) is 0 Å². The second-order valence-corrected chi connectivity index (χ2v) is 3.19. The Kier molecular flexibility index (Phi) is 2.41. The van der Waals surface area contributed by atoms with E-state index >= 15 is 0 Å². The number of nitrogens with zero attached hydrogens (tertiary/aromatic N) is 1. The molecule has 1 atom stereocenters. The molecule has 3 heteroatoms. The first-order valence-corrected chi connectivity index (χ1v) is 4.36. The molecule has 64 valence electrons. The van der Waals surface area contributed by atoms with Gasteiger partial charge in [0.25, 0.3) is 0 Å². The molecule has 11 heavy (non-hydrogen) atoms. The largest absolute Gasteiger partial charge is 0.380 e. The highest BCUT2D eigenvalue weighted by Crippen LogP contribution is 2.10. The van der Waals surface area contributed by atoms with Gasteiger partial charge in [-0.15, -0.1) is 0 Å². The normalized spacial score (nSPS) is 34.4. The van der Waals surface area contributed by atoms with Gasteiger partial charge in [0.15, 0.2) is 0 Å². The SMILES string of the molecule is C1COCC2COCCN2C1. The fourth-order valence-corrected chi connectivity index (χ4v) is 1.73. The molecule has 2 rings (SSSR count). The van der Waals surface area contributed by atoms with Crippen molar-refractivity contribution in [3.63, 3.8) is 0 Å². The van der Waals surface area contributed by atoms with Gasteiger partial charge in [-0.25, -0.2) is 0 Å². The Morgan fingerprint density at radius 2 is 1.82 bits per heavy atom. The predicted molar refractivity (Wildman–Crippen MR) is 41.6 cm³/mol. The maximum Gasteiger partial charge on any atom is 0.0644 e. The second-order valence-electron chi connectivity index (χ2n) is 3.19. The van der Waals surface area contributed by atoms with Crippen LogP contribution in [0.3, 0.4) is 0 Å². The van der Waals surface area contributed by atoms with Crippen LogP contribution in [0.4, 0.5) is 0 Å². The van der Waals surface area contributed by atoms with E-state index in [2.05, 4.69) is 4.90 Å². The van der Waals surface area contributed by atoms with E-state index in [-0.39, 0.29) is 0 Å². The zero-order valence-corrected chi connectivity index (χ0v) is 6.79. The van der Waals surface area contributed by atoms with Crippen molar-refractivity contribution in [2.45, 2.75) is 12.5 Å². The first-order valence-electron chi connectivity index (χ1n) is 4.36. The lowest BCUT2D eigenvalue weighted by molar-refractivity contribution is -0.0236. The Labute approximate surface area is 67.3 Å². The molecule has 0 aromatic rings. The van der Waals surface area contributed by atoms with Gasteiger partial charge in [-0.2, -0.15) is 0 Å². The summed E-state index contributed by atoms with van der Waals surface area (Å²) >= 11 is 0. The summed E-state index contributed by atoms with van der Waals surface area (Å²) in [6.45, 7) is 5.82. The summed E-state index contributed by atoms with van der Waals surface area (Å²) in [4.78, 5) is 2.48. The topological polar surface area (TPSA) is 21.7 Å². The standard InChI is InChI=1S/C8H15NO2/c1-2-9-3-5-11-7-8(9)6-10-4-1/h8H,1-7H2. The van der Waals surface area contributed by atoms with Gasteiger partial charge in [0.05, 0.1) is 25.9 Å². The summed E-state index contributed by atoms with van der Waals surface area (Å²) < 4.78 is 10.8. The summed E-state index contributed by atoms with van der Waals surface area (Å²) in [5.41, 5.74) is 0. The Balaban J connectivity index is 1.93.